The van der Waals surface area contributed by atoms with E-state index in [0.717, 1.165) is 16.7 Å². The SMILES string of the molecule is C=CCn1c(SCC2=C(C(=O)OCC)C(c3cc(C)ccc3C)NC(=O)N2)nnc1-c1ccco1. The highest BCUT2D eigenvalue weighted by Gasteiger charge is 2.34. The molecule has 0 bridgehead atoms. The molecule has 2 aromatic heterocycles. The van der Waals surface area contributed by atoms with Crippen LogP contribution in [0.2, 0.25) is 0 Å². The molecule has 182 valence electrons. The molecule has 35 heavy (non-hydrogen) atoms. The fraction of sp³-hybridized carbons (Fsp3) is 0.280. The van der Waals surface area contributed by atoms with Gasteiger partial charge in [-0.1, -0.05) is 41.6 Å². The average Bonchev–Trinajstić information content (AvgIpc) is 3.49. The van der Waals surface area contributed by atoms with Crippen LogP contribution in [-0.2, 0) is 16.1 Å². The summed E-state index contributed by atoms with van der Waals surface area (Å²) in [5.41, 5.74) is 3.68. The second-order valence-electron chi connectivity index (χ2n) is 7.98. The van der Waals surface area contributed by atoms with Gasteiger partial charge in [-0.05, 0) is 44.0 Å². The number of allylic oxidation sites excluding steroid dienone is 1. The van der Waals surface area contributed by atoms with Crippen molar-refractivity contribution in [3.63, 3.8) is 0 Å². The lowest BCUT2D eigenvalue weighted by molar-refractivity contribution is -0.139. The number of carbonyl (C=O) groups excluding carboxylic acids is 2. The molecular formula is C25H27N5O4S. The van der Waals surface area contributed by atoms with E-state index in [4.69, 9.17) is 9.15 Å². The number of benzene rings is 1. The van der Waals surface area contributed by atoms with Crippen LogP contribution in [-0.4, -0.2) is 39.1 Å². The van der Waals surface area contributed by atoms with Crippen molar-refractivity contribution >= 4 is 23.8 Å². The highest BCUT2D eigenvalue weighted by molar-refractivity contribution is 7.99. The third kappa shape index (κ3) is 5.17. The topological polar surface area (TPSA) is 111 Å². The van der Waals surface area contributed by atoms with Crippen LogP contribution in [0, 0.1) is 13.8 Å². The van der Waals surface area contributed by atoms with Crippen LogP contribution in [0.3, 0.4) is 0 Å². The largest absolute Gasteiger partial charge is 0.463 e. The molecule has 2 N–H and O–H groups in total. The number of urea groups is 1. The first-order valence-electron chi connectivity index (χ1n) is 11.2. The van der Waals surface area contributed by atoms with E-state index < -0.39 is 12.0 Å². The van der Waals surface area contributed by atoms with Crippen molar-refractivity contribution in [1.29, 1.82) is 0 Å². The minimum absolute atomic E-state index is 0.219. The molecule has 1 aromatic carbocycles. The van der Waals surface area contributed by atoms with Crippen LogP contribution < -0.4 is 10.6 Å². The first kappa shape index (κ1) is 24.3. The third-order valence-corrected chi connectivity index (χ3v) is 6.50. The molecule has 3 aromatic rings. The zero-order chi connectivity index (χ0) is 24.9. The number of hydrogen-bond acceptors (Lipinski definition) is 7. The summed E-state index contributed by atoms with van der Waals surface area (Å²) in [5.74, 6) is 0.948. The third-order valence-electron chi connectivity index (χ3n) is 5.51. The zero-order valence-electron chi connectivity index (χ0n) is 19.8. The van der Waals surface area contributed by atoms with Gasteiger partial charge in [0.2, 0.25) is 5.82 Å². The molecule has 2 amide bonds. The summed E-state index contributed by atoms with van der Waals surface area (Å²) in [6, 6.07) is 8.52. The maximum absolute atomic E-state index is 13.1. The minimum Gasteiger partial charge on any atom is -0.463 e. The maximum Gasteiger partial charge on any atom is 0.338 e. The van der Waals surface area contributed by atoms with Crippen LogP contribution in [0.5, 0.6) is 0 Å². The van der Waals surface area contributed by atoms with E-state index in [9.17, 15) is 9.59 Å². The summed E-state index contributed by atoms with van der Waals surface area (Å²) >= 11 is 1.35. The predicted molar refractivity (Wildman–Crippen MR) is 133 cm³/mol. The highest BCUT2D eigenvalue weighted by atomic mass is 32.2. The first-order valence-corrected chi connectivity index (χ1v) is 12.2. The molecule has 1 unspecified atom stereocenters. The lowest BCUT2D eigenvalue weighted by Gasteiger charge is -2.30. The molecule has 0 saturated carbocycles. The van der Waals surface area contributed by atoms with Gasteiger partial charge < -0.3 is 19.8 Å². The Bertz CT molecular complexity index is 1280. The van der Waals surface area contributed by atoms with Gasteiger partial charge in [0.25, 0.3) is 0 Å². The smallest absolute Gasteiger partial charge is 0.338 e. The number of aryl methyl sites for hydroxylation is 2. The molecule has 1 aliphatic rings. The Morgan fingerprint density at radius 2 is 2.14 bits per heavy atom. The lowest BCUT2D eigenvalue weighted by atomic mass is 9.91. The Labute approximate surface area is 207 Å². The first-order chi connectivity index (χ1) is 16.9. The molecular weight excluding hydrogens is 466 g/mol. The van der Waals surface area contributed by atoms with Crippen molar-refractivity contribution in [2.24, 2.45) is 0 Å². The highest BCUT2D eigenvalue weighted by Crippen LogP contribution is 2.33. The van der Waals surface area contributed by atoms with Crippen LogP contribution in [0.25, 0.3) is 11.6 Å². The molecule has 3 heterocycles. The van der Waals surface area contributed by atoms with Crippen molar-refractivity contribution in [3.8, 4) is 11.6 Å². The second-order valence-corrected chi connectivity index (χ2v) is 8.92. The fourth-order valence-corrected chi connectivity index (χ4v) is 4.82. The van der Waals surface area contributed by atoms with E-state index in [2.05, 4.69) is 27.4 Å². The molecule has 0 radical (unpaired) electrons. The Morgan fingerprint density at radius 1 is 1.31 bits per heavy atom. The van der Waals surface area contributed by atoms with E-state index in [1.54, 1.807) is 31.4 Å². The van der Waals surface area contributed by atoms with Gasteiger partial charge in [-0.15, -0.1) is 16.8 Å². The quantitative estimate of drug-likeness (QED) is 0.260. The van der Waals surface area contributed by atoms with Crippen molar-refractivity contribution in [1.82, 2.24) is 25.4 Å². The standard InChI is InChI=1S/C25H27N5O4S/c1-5-11-30-22(19-8-7-12-34-19)28-29-25(30)35-14-18-20(23(31)33-6-2)21(27-24(32)26-18)17-13-15(3)9-10-16(17)4/h5,7-10,12-13,21H,1,6,11,14H2,2-4H3,(H2,26,27,32). The van der Waals surface area contributed by atoms with Crippen molar-refractivity contribution in [2.75, 3.05) is 12.4 Å². The van der Waals surface area contributed by atoms with E-state index >= 15 is 0 Å². The van der Waals surface area contributed by atoms with Crippen molar-refractivity contribution in [2.45, 2.75) is 38.5 Å². The number of nitrogens with one attached hydrogen (secondary N) is 2. The van der Waals surface area contributed by atoms with Gasteiger partial charge in [0, 0.05) is 18.0 Å². The molecule has 0 saturated heterocycles. The van der Waals surface area contributed by atoms with E-state index in [0.29, 0.717) is 34.6 Å². The summed E-state index contributed by atoms with van der Waals surface area (Å²) in [6.45, 7) is 10.2. The zero-order valence-corrected chi connectivity index (χ0v) is 20.6. The van der Waals surface area contributed by atoms with Crippen LogP contribution in [0.4, 0.5) is 4.79 Å². The molecule has 0 fully saturated rings. The van der Waals surface area contributed by atoms with Gasteiger partial charge in [0.1, 0.15) is 0 Å². The van der Waals surface area contributed by atoms with Gasteiger partial charge >= 0.3 is 12.0 Å². The van der Waals surface area contributed by atoms with E-state index in [1.165, 1.54) is 11.8 Å². The van der Waals surface area contributed by atoms with E-state index in [1.807, 2.05) is 36.6 Å². The summed E-state index contributed by atoms with van der Waals surface area (Å²) in [4.78, 5) is 25.7. The number of ether oxygens (including phenoxy) is 1. The van der Waals surface area contributed by atoms with Crippen LogP contribution >= 0.6 is 11.8 Å². The summed E-state index contributed by atoms with van der Waals surface area (Å²) in [6.07, 6.45) is 3.31. The number of hydrogen-bond donors (Lipinski definition) is 2. The monoisotopic (exact) mass is 493 g/mol. The summed E-state index contributed by atoms with van der Waals surface area (Å²) in [5, 5.41) is 14.9. The lowest BCUT2D eigenvalue weighted by Crippen LogP contribution is -2.46. The molecule has 1 aliphatic heterocycles. The number of rotatable bonds is 9. The Kier molecular flexibility index (Phi) is 7.40. The minimum atomic E-state index is -0.636. The van der Waals surface area contributed by atoms with Gasteiger partial charge in [0.15, 0.2) is 10.9 Å². The van der Waals surface area contributed by atoms with Crippen molar-refractivity contribution in [3.05, 3.63) is 77.2 Å². The van der Waals surface area contributed by atoms with Gasteiger partial charge in [0.05, 0.1) is 24.5 Å². The molecule has 1 atom stereocenters. The number of thioether (sulfide) groups is 1. The van der Waals surface area contributed by atoms with Crippen LogP contribution in [0.15, 0.2) is 70.1 Å². The normalized spacial score (nSPS) is 15.5. The van der Waals surface area contributed by atoms with Gasteiger partial charge in [-0.2, -0.15) is 0 Å². The van der Waals surface area contributed by atoms with Crippen molar-refractivity contribution < 1.29 is 18.7 Å². The Hall–Kier alpha value is -3.79. The predicted octanol–water partition coefficient (Wildman–Crippen LogP) is 4.30. The Balaban J connectivity index is 1.72. The van der Waals surface area contributed by atoms with Crippen LogP contribution in [0.1, 0.15) is 29.7 Å². The fourth-order valence-electron chi connectivity index (χ4n) is 3.90. The van der Waals surface area contributed by atoms with Gasteiger partial charge in [-0.25, -0.2) is 9.59 Å². The summed E-state index contributed by atoms with van der Waals surface area (Å²) in [7, 11) is 0. The number of amides is 2. The number of aromatic nitrogens is 3. The van der Waals surface area contributed by atoms with Gasteiger partial charge in [-0.3, -0.25) is 4.57 Å². The molecule has 4 rings (SSSR count). The van der Waals surface area contributed by atoms with E-state index in [-0.39, 0.29) is 18.4 Å². The Morgan fingerprint density at radius 3 is 2.86 bits per heavy atom. The molecule has 0 spiro atoms. The molecule has 10 heteroatoms. The number of furan rings is 1. The number of carbonyl (C=O) groups is 2. The maximum atomic E-state index is 13.1. The molecule has 9 nitrogen and oxygen atoms in total. The summed E-state index contributed by atoms with van der Waals surface area (Å²) < 4.78 is 12.7. The average molecular weight is 494 g/mol. The number of esters is 1. The second kappa shape index (κ2) is 10.6. The molecule has 0 aliphatic carbocycles. The number of nitrogens with zero attached hydrogens (tertiary/aromatic N) is 3.